The quantitative estimate of drug-likeness (QED) is 0.685. The molecule has 1 heterocycles. The van der Waals surface area contributed by atoms with Crippen LogP contribution in [0.2, 0.25) is 0 Å². The van der Waals surface area contributed by atoms with Gasteiger partial charge in [0, 0.05) is 12.3 Å². The summed E-state index contributed by atoms with van der Waals surface area (Å²) in [6.45, 7) is 5.37. The average Bonchev–Trinajstić information content (AvgIpc) is 2.74. The number of aromatic nitrogens is 2. The van der Waals surface area contributed by atoms with Gasteiger partial charge in [0.2, 0.25) is 5.13 Å². The molecule has 0 saturated heterocycles. The average molecular weight is 259 g/mol. The zero-order chi connectivity index (χ0) is 11.6. The topological polar surface area (TPSA) is 37.8 Å². The molecule has 16 heavy (non-hydrogen) atoms. The van der Waals surface area contributed by atoms with E-state index in [0.29, 0.717) is 0 Å². The van der Waals surface area contributed by atoms with Gasteiger partial charge in [0.1, 0.15) is 5.01 Å². The Labute approximate surface area is 106 Å². The Morgan fingerprint density at radius 1 is 1.19 bits per heavy atom. The van der Waals surface area contributed by atoms with E-state index >= 15 is 0 Å². The number of rotatable bonds is 9. The van der Waals surface area contributed by atoms with Gasteiger partial charge in [-0.15, -0.1) is 10.2 Å². The van der Waals surface area contributed by atoms with Crippen molar-refractivity contribution >= 4 is 28.2 Å². The first-order valence-electron chi connectivity index (χ1n) is 6.00. The molecule has 0 saturated carbocycles. The molecule has 0 radical (unpaired) electrons. The number of hydrogen-bond donors (Lipinski definition) is 1. The summed E-state index contributed by atoms with van der Waals surface area (Å²) in [5.41, 5.74) is 0. The normalized spacial score (nSPS) is 10.6. The zero-order valence-electron chi connectivity index (χ0n) is 10.2. The van der Waals surface area contributed by atoms with E-state index in [0.717, 1.165) is 28.9 Å². The van der Waals surface area contributed by atoms with Crippen LogP contribution in [-0.2, 0) is 5.75 Å². The van der Waals surface area contributed by atoms with Crippen LogP contribution in [0.5, 0.6) is 0 Å². The molecule has 1 rings (SSSR count). The van der Waals surface area contributed by atoms with Gasteiger partial charge in [-0.05, 0) is 18.6 Å². The first kappa shape index (κ1) is 13.8. The van der Waals surface area contributed by atoms with E-state index in [1.54, 1.807) is 11.3 Å². The van der Waals surface area contributed by atoms with Gasteiger partial charge in [-0.1, -0.05) is 38.0 Å². The van der Waals surface area contributed by atoms with Crippen molar-refractivity contribution in [3.8, 4) is 0 Å². The zero-order valence-corrected chi connectivity index (χ0v) is 11.8. The lowest BCUT2D eigenvalue weighted by Crippen LogP contribution is -1.98. The lowest BCUT2D eigenvalue weighted by molar-refractivity contribution is 0.778. The fourth-order valence-electron chi connectivity index (χ4n) is 1.23. The summed E-state index contributed by atoms with van der Waals surface area (Å²) in [5, 5.41) is 13.6. The van der Waals surface area contributed by atoms with E-state index in [2.05, 4.69) is 29.4 Å². The molecule has 1 aromatic heterocycles. The molecular formula is C11H21N3S2. The highest BCUT2D eigenvalue weighted by Gasteiger charge is 2.02. The summed E-state index contributed by atoms with van der Waals surface area (Å²) >= 11 is 3.65. The second-order valence-corrected chi connectivity index (χ2v) is 5.85. The number of unbranched alkanes of at least 4 members (excludes halogenated alkanes) is 2. The fourth-order valence-corrected chi connectivity index (χ4v) is 3.06. The van der Waals surface area contributed by atoms with Crippen LogP contribution in [0.1, 0.15) is 44.5 Å². The molecule has 0 atom stereocenters. The number of thioether (sulfide) groups is 1. The van der Waals surface area contributed by atoms with E-state index in [4.69, 9.17) is 0 Å². The lowest BCUT2D eigenvalue weighted by Gasteiger charge is -1.97. The Morgan fingerprint density at radius 3 is 2.81 bits per heavy atom. The maximum Gasteiger partial charge on any atom is 0.205 e. The Kier molecular flexibility index (Phi) is 7.59. The van der Waals surface area contributed by atoms with Crippen molar-refractivity contribution in [3.63, 3.8) is 0 Å². The largest absolute Gasteiger partial charge is 0.360 e. The number of nitrogens with one attached hydrogen (secondary N) is 1. The molecule has 92 valence electrons. The minimum Gasteiger partial charge on any atom is -0.360 e. The third-order valence-corrected chi connectivity index (χ3v) is 4.23. The highest BCUT2D eigenvalue weighted by Crippen LogP contribution is 2.20. The molecule has 0 bridgehead atoms. The SMILES string of the molecule is CCCCCSCc1nnc(NCCC)s1. The van der Waals surface area contributed by atoms with Crippen molar-refractivity contribution < 1.29 is 0 Å². The predicted octanol–water partition coefficient (Wildman–Crippen LogP) is 3.78. The molecule has 0 aliphatic heterocycles. The van der Waals surface area contributed by atoms with E-state index in [-0.39, 0.29) is 0 Å². The third kappa shape index (κ3) is 5.70. The van der Waals surface area contributed by atoms with Crippen molar-refractivity contribution in [2.24, 2.45) is 0 Å². The molecule has 0 fully saturated rings. The summed E-state index contributed by atoms with van der Waals surface area (Å²) in [7, 11) is 0. The van der Waals surface area contributed by atoms with E-state index < -0.39 is 0 Å². The fraction of sp³-hybridized carbons (Fsp3) is 0.818. The van der Waals surface area contributed by atoms with Gasteiger partial charge in [-0.25, -0.2) is 0 Å². The number of nitrogens with zero attached hydrogens (tertiary/aromatic N) is 2. The van der Waals surface area contributed by atoms with Gasteiger partial charge in [0.15, 0.2) is 0 Å². The van der Waals surface area contributed by atoms with Crippen molar-refractivity contribution in [1.82, 2.24) is 10.2 Å². The van der Waals surface area contributed by atoms with E-state index in [9.17, 15) is 0 Å². The first-order valence-corrected chi connectivity index (χ1v) is 7.98. The van der Waals surface area contributed by atoms with Crippen LogP contribution < -0.4 is 5.32 Å². The highest BCUT2D eigenvalue weighted by atomic mass is 32.2. The van der Waals surface area contributed by atoms with Gasteiger partial charge < -0.3 is 5.32 Å². The summed E-state index contributed by atoms with van der Waals surface area (Å²) in [5.74, 6) is 2.25. The predicted molar refractivity (Wildman–Crippen MR) is 74.4 cm³/mol. The van der Waals surface area contributed by atoms with E-state index in [1.165, 1.54) is 25.0 Å². The summed E-state index contributed by atoms with van der Waals surface area (Å²) in [4.78, 5) is 0. The minimum absolute atomic E-state index is 0.964. The maximum absolute atomic E-state index is 4.17. The smallest absolute Gasteiger partial charge is 0.205 e. The van der Waals surface area contributed by atoms with Crippen LogP contribution in [0, 0.1) is 0 Å². The van der Waals surface area contributed by atoms with Crippen LogP contribution in [0.25, 0.3) is 0 Å². The van der Waals surface area contributed by atoms with Crippen LogP contribution in [-0.4, -0.2) is 22.5 Å². The molecular weight excluding hydrogens is 238 g/mol. The van der Waals surface area contributed by atoms with Crippen molar-refractivity contribution in [2.45, 2.75) is 45.3 Å². The van der Waals surface area contributed by atoms with Crippen molar-refractivity contribution in [2.75, 3.05) is 17.6 Å². The van der Waals surface area contributed by atoms with Crippen LogP contribution in [0.15, 0.2) is 0 Å². The molecule has 0 aliphatic carbocycles. The monoisotopic (exact) mass is 259 g/mol. The maximum atomic E-state index is 4.17. The third-order valence-electron chi connectivity index (χ3n) is 2.11. The molecule has 3 nitrogen and oxygen atoms in total. The van der Waals surface area contributed by atoms with Crippen molar-refractivity contribution in [3.05, 3.63) is 5.01 Å². The van der Waals surface area contributed by atoms with E-state index in [1.807, 2.05) is 11.8 Å². The lowest BCUT2D eigenvalue weighted by atomic mass is 10.3. The van der Waals surface area contributed by atoms with Gasteiger partial charge >= 0.3 is 0 Å². The molecule has 5 heteroatoms. The highest BCUT2D eigenvalue weighted by molar-refractivity contribution is 7.98. The summed E-state index contributed by atoms with van der Waals surface area (Å²) in [6, 6.07) is 0. The Hall–Kier alpha value is -0.290. The van der Waals surface area contributed by atoms with Gasteiger partial charge in [0.05, 0.1) is 0 Å². The minimum atomic E-state index is 0.964. The van der Waals surface area contributed by atoms with Crippen LogP contribution >= 0.6 is 23.1 Å². The number of anilines is 1. The summed E-state index contributed by atoms with van der Waals surface area (Å²) < 4.78 is 0. The first-order chi connectivity index (χ1) is 7.86. The molecule has 1 aromatic rings. The number of hydrogen-bond acceptors (Lipinski definition) is 5. The Bertz CT molecular complexity index is 276. The Balaban J connectivity index is 2.14. The molecule has 0 aliphatic rings. The summed E-state index contributed by atoms with van der Waals surface area (Å²) in [6.07, 6.45) is 5.08. The van der Waals surface area contributed by atoms with Crippen LogP contribution in [0.4, 0.5) is 5.13 Å². The van der Waals surface area contributed by atoms with Gasteiger partial charge in [-0.2, -0.15) is 11.8 Å². The molecule has 0 aromatic carbocycles. The van der Waals surface area contributed by atoms with Gasteiger partial charge in [0.25, 0.3) is 0 Å². The Morgan fingerprint density at radius 2 is 2.06 bits per heavy atom. The van der Waals surface area contributed by atoms with Crippen molar-refractivity contribution in [1.29, 1.82) is 0 Å². The van der Waals surface area contributed by atoms with Gasteiger partial charge in [-0.3, -0.25) is 0 Å². The molecule has 1 N–H and O–H groups in total. The second kappa shape index (κ2) is 8.82. The standard InChI is InChI=1S/C11H21N3S2/c1-3-5-6-8-15-9-10-13-14-11(16-10)12-7-4-2/h3-9H2,1-2H3,(H,12,14). The molecule has 0 spiro atoms. The molecule has 0 unspecified atom stereocenters. The second-order valence-electron chi connectivity index (χ2n) is 3.69. The molecule has 0 amide bonds. The van der Waals surface area contributed by atoms with Crippen LogP contribution in [0.3, 0.4) is 0 Å².